The maximum atomic E-state index is 11.9. The molecule has 0 spiro atoms. The van der Waals surface area contributed by atoms with Crippen molar-refractivity contribution in [2.24, 2.45) is 7.05 Å². The van der Waals surface area contributed by atoms with Crippen molar-refractivity contribution in [1.29, 1.82) is 0 Å². The minimum Gasteiger partial charge on any atom is -0.489 e. The fourth-order valence-corrected chi connectivity index (χ4v) is 8.81. The van der Waals surface area contributed by atoms with E-state index in [-0.39, 0.29) is 30.7 Å². The van der Waals surface area contributed by atoms with Crippen molar-refractivity contribution in [2.45, 2.75) is 66.5 Å². The molecule has 0 saturated carbocycles. The predicted octanol–water partition coefficient (Wildman–Crippen LogP) is 11.0. The Balaban J connectivity index is 0.000000237. The van der Waals surface area contributed by atoms with Gasteiger partial charge in [0.25, 0.3) is 0 Å². The number of aryl methyl sites for hydroxylation is 6. The van der Waals surface area contributed by atoms with Crippen LogP contribution in [0.15, 0.2) is 121 Å². The number of carbonyl (C=O) groups excluding carboxylic acids is 4. The molecule has 73 heavy (non-hydrogen) atoms. The van der Waals surface area contributed by atoms with Crippen molar-refractivity contribution >= 4 is 70.6 Å². The lowest BCUT2D eigenvalue weighted by molar-refractivity contribution is -0.125. The Morgan fingerprint density at radius 2 is 1.22 bits per heavy atom. The molecule has 14 nitrogen and oxygen atoms in total. The zero-order valence-electron chi connectivity index (χ0n) is 42.1. The lowest BCUT2D eigenvalue weighted by atomic mass is 10.1. The van der Waals surface area contributed by atoms with Crippen molar-refractivity contribution in [2.75, 3.05) is 42.1 Å². The molecular formula is C57H66N6O8S2. The van der Waals surface area contributed by atoms with Gasteiger partial charge < -0.3 is 33.7 Å². The molecule has 2 atom stereocenters. The number of amides is 4. The molecule has 0 saturated heterocycles. The van der Waals surface area contributed by atoms with Crippen LogP contribution in [0.1, 0.15) is 46.6 Å². The first-order valence-electron chi connectivity index (χ1n) is 23.2. The lowest BCUT2D eigenvalue weighted by Gasteiger charge is -2.22. The standard InChI is InChI=1S/C28H29N3O4S.C24H26N2O2.C4H7NO2S.CH4/c1-18-11-19(2)13-23(12-18)35-22-9-10-24-25(15-22)31(3)27(30-24)16-34-21-7-5-20(6-8-21)14-26(36-4)28(33)29-17-32;1-16-5-7-19(8-6-16)27-15-24-25-22-10-9-20(14-23(22)26(24)4)28-21-12-17(2)11-18(3)13-21;1-8-2-4(7)5-3-6;/h5-13,15,17,26H,14,16H2,1-4H3,(H,29,32,33);5-14,24-25H,15H2,1-4H3;3H,2H2,1H3,(H,5,6,7);1H4. The number of likely N-dealkylation sites (N-methyl/N-ethyl adjacent to an activating group) is 1. The lowest BCUT2D eigenvalue weighted by Crippen LogP contribution is -2.37. The summed E-state index contributed by atoms with van der Waals surface area (Å²) in [5.41, 5.74) is 11.0. The summed E-state index contributed by atoms with van der Waals surface area (Å²) in [7, 11) is 4.03. The number of ether oxygens (including phenoxy) is 4. The summed E-state index contributed by atoms with van der Waals surface area (Å²) in [6, 6.07) is 40.2. The van der Waals surface area contributed by atoms with E-state index in [1.807, 2.05) is 96.0 Å². The minimum atomic E-state index is -0.328. The average molecular weight is 1030 g/mol. The Morgan fingerprint density at radius 1 is 0.671 bits per heavy atom. The number of hydrogen-bond donors (Lipinski definition) is 3. The van der Waals surface area contributed by atoms with E-state index in [1.54, 1.807) is 6.26 Å². The molecule has 0 bridgehead atoms. The summed E-state index contributed by atoms with van der Waals surface area (Å²) in [6.45, 7) is 11.2. The second-order valence-electron chi connectivity index (χ2n) is 17.3. The molecule has 1 aliphatic heterocycles. The van der Waals surface area contributed by atoms with Gasteiger partial charge in [0.2, 0.25) is 24.6 Å². The summed E-state index contributed by atoms with van der Waals surface area (Å²) in [5, 5.41) is 7.42. The molecule has 0 aliphatic carbocycles. The third-order valence-corrected chi connectivity index (χ3v) is 12.9. The number of nitrogens with zero attached hydrogens (tertiary/aromatic N) is 3. The second-order valence-corrected chi connectivity index (χ2v) is 19.2. The van der Waals surface area contributed by atoms with Crippen molar-refractivity contribution in [1.82, 2.24) is 20.2 Å². The molecule has 384 valence electrons. The number of thioether (sulfide) groups is 2. The van der Waals surface area contributed by atoms with E-state index in [0.717, 1.165) is 73.7 Å². The van der Waals surface area contributed by atoms with Gasteiger partial charge in [-0.15, -0.1) is 0 Å². The van der Waals surface area contributed by atoms with Gasteiger partial charge in [-0.2, -0.15) is 23.5 Å². The summed E-state index contributed by atoms with van der Waals surface area (Å²) < 4.78 is 26.2. The monoisotopic (exact) mass is 1030 g/mol. The van der Waals surface area contributed by atoms with Gasteiger partial charge in [0, 0.05) is 26.2 Å². The van der Waals surface area contributed by atoms with Crippen molar-refractivity contribution in [3.63, 3.8) is 0 Å². The molecule has 1 aliphatic rings. The summed E-state index contributed by atoms with van der Waals surface area (Å²) in [5.74, 6) is 5.47. The maximum Gasteiger partial charge on any atom is 0.239 e. The van der Waals surface area contributed by atoms with Gasteiger partial charge in [0.1, 0.15) is 59.7 Å². The van der Waals surface area contributed by atoms with E-state index in [4.69, 9.17) is 23.9 Å². The molecule has 2 unspecified atom stereocenters. The van der Waals surface area contributed by atoms with E-state index < -0.39 is 0 Å². The highest BCUT2D eigenvalue weighted by Gasteiger charge is 2.27. The van der Waals surface area contributed by atoms with Crippen LogP contribution in [0.2, 0.25) is 0 Å². The second kappa shape index (κ2) is 27.4. The number of carbonyl (C=O) groups is 4. The fourth-order valence-electron chi connectivity index (χ4n) is 7.82. The number of imidazole rings is 1. The number of fused-ring (bicyclic) bond motifs is 2. The molecule has 4 amide bonds. The number of anilines is 2. The first kappa shape index (κ1) is 56.5. The zero-order chi connectivity index (χ0) is 51.7. The normalized spacial score (nSPS) is 12.5. The third-order valence-electron chi connectivity index (χ3n) is 11.4. The van der Waals surface area contributed by atoms with Crippen molar-refractivity contribution in [3.8, 4) is 34.5 Å². The summed E-state index contributed by atoms with van der Waals surface area (Å²) in [6.07, 6.45) is 5.05. The Bertz CT molecular complexity index is 2920. The third kappa shape index (κ3) is 16.6. The Hall–Kier alpha value is -7.43. The van der Waals surface area contributed by atoms with Crippen LogP contribution in [0.25, 0.3) is 11.0 Å². The highest BCUT2D eigenvalue weighted by atomic mass is 32.2. The first-order valence-corrected chi connectivity index (χ1v) is 25.8. The molecule has 2 heterocycles. The molecular weight excluding hydrogens is 961 g/mol. The van der Waals surface area contributed by atoms with Gasteiger partial charge in [-0.3, -0.25) is 29.8 Å². The molecule has 0 radical (unpaired) electrons. The van der Waals surface area contributed by atoms with Crippen LogP contribution in [-0.2, 0) is 39.3 Å². The fraction of sp³-hybridized carbons (Fsp3) is 0.281. The largest absolute Gasteiger partial charge is 0.489 e. The quantitative estimate of drug-likeness (QED) is 0.0697. The highest BCUT2D eigenvalue weighted by Crippen LogP contribution is 2.38. The number of hydrogen-bond acceptors (Lipinski definition) is 13. The van der Waals surface area contributed by atoms with Crippen LogP contribution >= 0.6 is 23.5 Å². The van der Waals surface area contributed by atoms with Crippen LogP contribution in [0, 0.1) is 34.6 Å². The number of rotatable bonds is 18. The molecule has 7 aromatic rings. The maximum absolute atomic E-state index is 11.9. The molecule has 8 rings (SSSR count). The predicted molar refractivity (Wildman–Crippen MR) is 297 cm³/mol. The highest BCUT2D eigenvalue weighted by molar-refractivity contribution is 8.00. The van der Waals surface area contributed by atoms with E-state index in [1.165, 1.54) is 40.2 Å². The van der Waals surface area contributed by atoms with E-state index in [2.05, 4.69) is 106 Å². The van der Waals surface area contributed by atoms with E-state index in [0.29, 0.717) is 44.0 Å². The van der Waals surface area contributed by atoms with Crippen molar-refractivity contribution in [3.05, 3.63) is 161 Å². The van der Waals surface area contributed by atoms with E-state index in [9.17, 15) is 19.2 Å². The van der Waals surface area contributed by atoms with E-state index >= 15 is 0 Å². The Kier molecular flexibility index (Phi) is 21.2. The van der Waals surface area contributed by atoms with Crippen LogP contribution in [-0.4, -0.2) is 77.5 Å². The SMILES string of the molecule is C.CSC(Cc1ccc(OCc2nc3ccc(Oc4cc(C)cc(C)c4)cc3n2C)cc1)C(=O)NC=O.CSCC(=O)NC=O.Cc1ccc(OCC2Nc3ccc(Oc4cc(C)cc(C)c4)cc3N2C)cc1. The molecule has 3 N–H and O–H groups in total. The average Bonchev–Trinajstić information content (AvgIpc) is 3.83. The number of aromatic nitrogens is 2. The molecule has 6 aromatic carbocycles. The molecule has 0 fully saturated rings. The van der Waals surface area contributed by atoms with Gasteiger partial charge in [-0.05, 0) is 154 Å². The van der Waals surface area contributed by atoms with Crippen LogP contribution in [0.3, 0.4) is 0 Å². The van der Waals surface area contributed by atoms with Gasteiger partial charge in [-0.25, -0.2) is 4.98 Å². The van der Waals surface area contributed by atoms with Gasteiger partial charge in [0.05, 0.1) is 33.4 Å². The minimum absolute atomic E-state index is 0. The number of imide groups is 2. The van der Waals surface area contributed by atoms with Crippen LogP contribution in [0.4, 0.5) is 11.4 Å². The summed E-state index contributed by atoms with van der Waals surface area (Å²) in [4.78, 5) is 49.2. The van der Waals surface area contributed by atoms with Gasteiger partial charge >= 0.3 is 0 Å². The Labute approximate surface area is 437 Å². The zero-order valence-corrected chi connectivity index (χ0v) is 43.7. The smallest absolute Gasteiger partial charge is 0.239 e. The first-order chi connectivity index (χ1) is 34.6. The number of benzene rings is 6. The number of nitrogens with one attached hydrogen (secondary N) is 3. The molecule has 16 heteroatoms. The van der Waals surface area contributed by atoms with Gasteiger partial charge in [0.15, 0.2) is 0 Å². The Morgan fingerprint density at radius 3 is 1.79 bits per heavy atom. The molecule has 1 aromatic heterocycles. The topological polar surface area (TPSA) is 162 Å². The van der Waals surface area contributed by atoms with Gasteiger partial charge in [-0.1, -0.05) is 49.4 Å². The van der Waals surface area contributed by atoms with Crippen LogP contribution in [0.5, 0.6) is 34.5 Å². The van der Waals surface area contributed by atoms with Crippen molar-refractivity contribution < 1.29 is 38.1 Å². The summed E-state index contributed by atoms with van der Waals surface area (Å²) >= 11 is 2.79. The van der Waals surface area contributed by atoms with Crippen LogP contribution < -0.4 is 39.8 Å².